The van der Waals surface area contributed by atoms with Crippen LogP contribution in [0.1, 0.15) is 32.6 Å². The van der Waals surface area contributed by atoms with Crippen LogP contribution in [0.5, 0.6) is 0 Å². The summed E-state index contributed by atoms with van der Waals surface area (Å²) in [6, 6.07) is 0.149. The predicted octanol–water partition coefficient (Wildman–Crippen LogP) is 1.57. The number of carboxylic acids is 1. The van der Waals surface area contributed by atoms with E-state index in [2.05, 4.69) is 5.32 Å². The molecule has 94 valence electrons. The lowest BCUT2D eigenvalue weighted by atomic mass is 9.84. The minimum atomic E-state index is -1.09. The number of amides is 1. The van der Waals surface area contributed by atoms with Crippen molar-refractivity contribution in [2.24, 2.45) is 17.8 Å². The maximum absolute atomic E-state index is 11.5. The number of nitrogens with one attached hydrogen (secondary N) is 1. The monoisotopic (exact) mass is 237 g/mol. The molecule has 4 nitrogen and oxygen atoms in total. The number of fused-ring (bicyclic) bond motifs is 2. The molecule has 4 heteroatoms. The molecule has 0 radical (unpaired) electrons. The first kappa shape index (κ1) is 12.1. The lowest BCUT2D eigenvalue weighted by Gasteiger charge is -2.28. The number of carboxylic acid groups (broad SMARTS) is 1. The van der Waals surface area contributed by atoms with Crippen LogP contribution in [-0.4, -0.2) is 23.0 Å². The van der Waals surface area contributed by atoms with Gasteiger partial charge in [0, 0.05) is 18.2 Å². The fraction of sp³-hybridized carbons (Fsp3) is 0.692. The maximum atomic E-state index is 11.5. The quantitative estimate of drug-likeness (QED) is 0.729. The van der Waals surface area contributed by atoms with E-state index in [-0.39, 0.29) is 11.9 Å². The lowest BCUT2D eigenvalue weighted by Crippen LogP contribution is -2.39. The minimum Gasteiger partial charge on any atom is -0.478 e. The lowest BCUT2D eigenvalue weighted by molar-refractivity contribution is -0.131. The van der Waals surface area contributed by atoms with E-state index in [1.54, 1.807) is 0 Å². The van der Waals surface area contributed by atoms with Crippen molar-refractivity contribution >= 4 is 11.9 Å². The zero-order valence-corrected chi connectivity index (χ0v) is 10.1. The molecule has 4 unspecified atom stereocenters. The Balaban J connectivity index is 1.83. The van der Waals surface area contributed by atoms with Gasteiger partial charge >= 0.3 is 5.97 Å². The molecule has 0 saturated heterocycles. The van der Waals surface area contributed by atoms with Crippen LogP contribution in [0, 0.1) is 17.8 Å². The molecule has 0 heterocycles. The average Bonchev–Trinajstić information content (AvgIpc) is 2.87. The van der Waals surface area contributed by atoms with Crippen LogP contribution in [0.15, 0.2) is 12.2 Å². The van der Waals surface area contributed by atoms with Crippen molar-refractivity contribution < 1.29 is 14.7 Å². The zero-order valence-electron chi connectivity index (χ0n) is 10.1. The first-order valence-corrected chi connectivity index (χ1v) is 6.27. The van der Waals surface area contributed by atoms with Crippen LogP contribution in [0.2, 0.25) is 0 Å². The highest BCUT2D eigenvalue weighted by Crippen LogP contribution is 2.49. The molecule has 2 rings (SSSR count). The third-order valence-electron chi connectivity index (χ3n) is 4.18. The van der Waals surface area contributed by atoms with Gasteiger partial charge in [-0.2, -0.15) is 0 Å². The fourth-order valence-corrected chi connectivity index (χ4v) is 3.43. The van der Waals surface area contributed by atoms with Gasteiger partial charge in [0.1, 0.15) is 0 Å². The van der Waals surface area contributed by atoms with Gasteiger partial charge in [-0.25, -0.2) is 4.79 Å². The Morgan fingerprint density at radius 1 is 1.29 bits per heavy atom. The van der Waals surface area contributed by atoms with Crippen LogP contribution in [0.4, 0.5) is 0 Å². The van der Waals surface area contributed by atoms with Crippen molar-refractivity contribution in [3.05, 3.63) is 12.2 Å². The average molecular weight is 237 g/mol. The van der Waals surface area contributed by atoms with E-state index in [9.17, 15) is 9.59 Å². The van der Waals surface area contributed by atoms with E-state index >= 15 is 0 Å². The first-order valence-electron chi connectivity index (χ1n) is 6.27. The van der Waals surface area contributed by atoms with Gasteiger partial charge in [0.2, 0.25) is 5.91 Å². The van der Waals surface area contributed by atoms with E-state index in [0.717, 1.165) is 24.0 Å². The van der Waals surface area contributed by atoms with Gasteiger partial charge in [-0.1, -0.05) is 6.42 Å². The van der Waals surface area contributed by atoms with Crippen molar-refractivity contribution in [1.29, 1.82) is 0 Å². The molecule has 0 aromatic carbocycles. The highest BCUT2D eigenvalue weighted by Gasteiger charge is 2.41. The molecular weight excluding hydrogens is 218 g/mol. The SMILES string of the molecule is CC(NC(=O)/C=C/C(=O)O)C1CC2CCC1C2. The standard InChI is InChI=1S/C13H19NO3/c1-8(14-12(15)4-5-13(16)17)11-7-9-2-3-10(11)6-9/h4-5,8-11H,2-3,6-7H2,1H3,(H,14,15)(H,16,17)/b5-4+. The van der Waals surface area contributed by atoms with Crippen LogP contribution in [0.25, 0.3) is 0 Å². The van der Waals surface area contributed by atoms with Gasteiger partial charge in [0.25, 0.3) is 0 Å². The van der Waals surface area contributed by atoms with Crippen molar-refractivity contribution in [3.8, 4) is 0 Å². The summed E-state index contributed by atoms with van der Waals surface area (Å²) in [4.78, 5) is 21.7. The first-order chi connectivity index (χ1) is 8.06. The topological polar surface area (TPSA) is 66.4 Å². The summed E-state index contributed by atoms with van der Waals surface area (Å²) in [5, 5.41) is 11.3. The molecule has 2 aliphatic rings. The van der Waals surface area contributed by atoms with Gasteiger partial charge in [0.05, 0.1) is 0 Å². The second-order valence-electron chi connectivity index (χ2n) is 5.31. The molecule has 0 aromatic heterocycles. The van der Waals surface area contributed by atoms with E-state index in [1.165, 1.54) is 25.7 Å². The van der Waals surface area contributed by atoms with E-state index in [1.807, 2.05) is 6.92 Å². The van der Waals surface area contributed by atoms with Gasteiger partial charge in [0.15, 0.2) is 0 Å². The van der Waals surface area contributed by atoms with E-state index in [4.69, 9.17) is 5.11 Å². The van der Waals surface area contributed by atoms with E-state index < -0.39 is 5.97 Å². The smallest absolute Gasteiger partial charge is 0.328 e. The molecule has 0 aliphatic heterocycles. The summed E-state index contributed by atoms with van der Waals surface area (Å²) in [7, 11) is 0. The predicted molar refractivity (Wildman–Crippen MR) is 63.3 cm³/mol. The molecule has 2 N–H and O–H groups in total. The molecule has 0 aromatic rings. The molecule has 0 spiro atoms. The second-order valence-corrected chi connectivity index (χ2v) is 5.31. The van der Waals surface area contributed by atoms with Crippen LogP contribution in [0.3, 0.4) is 0 Å². The maximum Gasteiger partial charge on any atom is 0.328 e. The highest BCUT2D eigenvalue weighted by atomic mass is 16.4. The highest BCUT2D eigenvalue weighted by molar-refractivity contribution is 5.93. The van der Waals surface area contributed by atoms with E-state index in [0.29, 0.717) is 5.92 Å². The number of hydrogen-bond donors (Lipinski definition) is 2. The fourth-order valence-electron chi connectivity index (χ4n) is 3.43. The Labute approximate surface area is 101 Å². The molecule has 2 aliphatic carbocycles. The molecule has 1 amide bonds. The molecule has 2 fully saturated rings. The zero-order chi connectivity index (χ0) is 12.4. The number of aliphatic carboxylic acids is 1. The van der Waals surface area contributed by atoms with Crippen LogP contribution in [-0.2, 0) is 9.59 Å². The summed E-state index contributed by atoms with van der Waals surface area (Å²) in [5.74, 6) is 0.809. The molecule has 2 saturated carbocycles. The largest absolute Gasteiger partial charge is 0.478 e. The summed E-state index contributed by atoms with van der Waals surface area (Å²) < 4.78 is 0. The van der Waals surface area contributed by atoms with Crippen molar-refractivity contribution in [2.75, 3.05) is 0 Å². The third-order valence-corrected chi connectivity index (χ3v) is 4.18. The summed E-state index contributed by atoms with van der Waals surface area (Å²) >= 11 is 0. The van der Waals surface area contributed by atoms with Crippen LogP contribution < -0.4 is 5.32 Å². The number of carbonyl (C=O) groups excluding carboxylic acids is 1. The Hall–Kier alpha value is -1.32. The molecule has 17 heavy (non-hydrogen) atoms. The van der Waals surface area contributed by atoms with Gasteiger partial charge in [-0.3, -0.25) is 4.79 Å². The Kier molecular flexibility index (Phi) is 3.50. The van der Waals surface area contributed by atoms with Crippen molar-refractivity contribution in [1.82, 2.24) is 5.32 Å². The minimum absolute atomic E-state index is 0.149. The number of rotatable bonds is 4. The molecule has 4 atom stereocenters. The summed E-state index contributed by atoms with van der Waals surface area (Å²) in [6.07, 6.45) is 7.14. The Bertz CT molecular complexity index is 351. The van der Waals surface area contributed by atoms with Gasteiger partial charge < -0.3 is 10.4 Å². The summed E-state index contributed by atoms with van der Waals surface area (Å²) in [6.45, 7) is 2.03. The van der Waals surface area contributed by atoms with Crippen LogP contribution >= 0.6 is 0 Å². The number of hydrogen-bond acceptors (Lipinski definition) is 2. The second kappa shape index (κ2) is 4.90. The molecular formula is C13H19NO3. The number of carbonyl (C=O) groups is 2. The molecule has 2 bridgehead atoms. The normalized spacial score (nSPS) is 32.9. The Morgan fingerprint density at radius 3 is 2.59 bits per heavy atom. The van der Waals surface area contributed by atoms with Crippen molar-refractivity contribution in [3.63, 3.8) is 0 Å². The van der Waals surface area contributed by atoms with Gasteiger partial charge in [-0.15, -0.1) is 0 Å². The Morgan fingerprint density at radius 2 is 2.06 bits per heavy atom. The third kappa shape index (κ3) is 2.87. The van der Waals surface area contributed by atoms with Crippen molar-refractivity contribution in [2.45, 2.75) is 38.6 Å². The van der Waals surface area contributed by atoms with Gasteiger partial charge in [-0.05, 0) is 43.9 Å². The summed E-state index contributed by atoms with van der Waals surface area (Å²) in [5.41, 5.74) is 0.